The molecule has 6 nitrogen and oxygen atoms in total. The van der Waals surface area contributed by atoms with E-state index in [0.29, 0.717) is 32.0 Å². The second kappa shape index (κ2) is 9.68. The largest absolute Gasteiger partial charge is 0.378 e. The van der Waals surface area contributed by atoms with Gasteiger partial charge in [-0.15, -0.1) is 0 Å². The van der Waals surface area contributed by atoms with Crippen molar-refractivity contribution in [2.45, 2.75) is 57.9 Å². The number of carbonyl (C=O) groups excluding carboxylic acids is 1. The number of benzene rings is 2. The molecule has 1 N–H and O–H groups in total. The normalized spacial score (nSPS) is 22.5. The van der Waals surface area contributed by atoms with Crippen LogP contribution in [0.2, 0.25) is 0 Å². The van der Waals surface area contributed by atoms with E-state index in [-0.39, 0.29) is 29.8 Å². The third-order valence-corrected chi connectivity index (χ3v) is 6.81. The Labute approximate surface area is 199 Å². The molecule has 2 aliphatic heterocycles. The van der Waals surface area contributed by atoms with Gasteiger partial charge >= 0.3 is 0 Å². The van der Waals surface area contributed by atoms with Crippen LogP contribution in [0.15, 0.2) is 60.2 Å². The number of morpholine rings is 1. The number of fused-ring (bicyclic) bond motifs is 3. The van der Waals surface area contributed by atoms with Gasteiger partial charge in [0.25, 0.3) is 5.91 Å². The van der Waals surface area contributed by atoms with Gasteiger partial charge < -0.3 is 10.1 Å². The Hall–Kier alpha value is -3.03. The zero-order chi connectivity index (χ0) is 23.7. The lowest BCUT2D eigenvalue weighted by Gasteiger charge is -2.48. The van der Waals surface area contributed by atoms with Crippen molar-refractivity contribution in [3.05, 3.63) is 77.3 Å². The topological polar surface area (TPSA) is 59.4 Å². The maximum atomic E-state index is 13.7. The molecule has 3 heterocycles. The first-order valence-corrected chi connectivity index (χ1v) is 12.0. The molecule has 0 unspecified atom stereocenters. The second-order valence-corrected chi connectivity index (χ2v) is 9.62. The number of halogens is 1. The molecular weight excluding hydrogens is 431 g/mol. The Morgan fingerprint density at radius 3 is 2.65 bits per heavy atom. The SMILES string of the molecule is CC(C)=CCn1nc(C(=O)N[C@H]2C[C@H]3COC[C@@H](C2)N3Cc2cccc(F)c2)c2ccccc21. The highest BCUT2D eigenvalue weighted by atomic mass is 19.1. The van der Waals surface area contributed by atoms with Gasteiger partial charge in [0, 0.05) is 30.1 Å². The highest BCUT2D eigenvalue weighted by Gasteiger charge is 2.39. The number of ether oxygens (including phenoxy) is 1. The molecule has 5 rings (SSSR count). The summed E-state index contributed by atoms with van der Waals surface area (Å²) in [6.45, 7) is 6.69. The minimum Gasteiger partial charge on any atom is -0.378 e. The minimum absolute atomic E-state index is 0.0526. The Bertz CT molecular complexity index is 1200. The summed E-state index contributed by atoms with van der Waals surface area (Å²) >= 11 is 0. The van der Waals surface area contributed by atoms with Gasteiger partial charge in [-0.3, -0.25) is 14.4 Å². The van der Waals surface area contributed by atoms with Gasteiger partial charge in [0.15, 0.2) is 5.69 Å². The summed E-state index contributed by atoms with van der Waals surface area (Å²) in [5.41, 5.74) is 3.61. The highest BCUT2D eigenvalue weighted by molar-refractivity contribution is 6.05. The summed E-state index contributed by atoms with van der Waals surface area (Å²) in [6.07, 6.45) is 3.71. The van der Waals surface area contributed by atoms with Crippen molar-refractivity contribution in [1.29, 1.82) is 0 Å². The quantitative estimate of drug-likeness (QED) is 0.555. The van der Waals surface area contributed by atoms with Gasteiger partial charge in [-0.25, -0.2) is 4.39 Å². The number of hydrogen-bond donors (Lipinski definition) is 1. The smallest absolute Gasteiger partial charge is 0.272 e. The molecule has 3 aromatic rings. The first-order chi connectivity index (χ1) is 16.5. The van der Waals surface area contributed by atoms with E-state index in [0.717, 1.165) is 29.3 Å². The molecule has 7 heteroatoms. The van der Waals surface area contributed by atoms with Crippen LogP contribution in [0.1, 0.15) is 42.7 Å². The minimum atomic E-state index is -0.211. The van der Waals surface area contributed by atoms with Crippen molar-refractivity contribution in [2.75, 3.05) is 13.2 Å². The van der Waals surface area contributed by atoms with E-state index in [1.165, 1.54) is 11.6 Å². The number of piperidine rings is 1. The number of amides is 1. The molecule has 0 aliphatic carbocycles. The van der Waals surface area contributed by atoms with Crippen LogP contribution in [0.25, 0.3) is 10.9 Å². The van der Waals surface area contributed by atoms with Crippen molar-refractivity contribution < 1.29 is 13.9 Å². The molecule has 2 fully saturated rings. The third-order valence-electron chi connectivity index (χ3n) is 6.81. The van der Waals surface area contributed by atoms with Crippen molar-refractivity contribution in [3.8, 4) is 0 Å². The summed E-state index contributed by atoms with van der Waals surface area (Å²) in [5, 5.41) is 8.79. The number of nitrogens with zero attached hydrogens (tertiary/aromatic N) is 3. The number of para-hydroxylation sites is 1. The molecule has 0 saturated carbocycles. The van der Waals surface area contributed by atoms with Crippen molar-refractivity contribution in [1.82, 2.24) is 20.0 Å². The lowest BCUT2D eigenvalue weighted by atomic mass is 9.89. The molecule has 2 aromatic carbocycles. The molecule has 1 aromatic heterocycles. The molecule has 3 atom stereocenters. The summed E-state index contributed by atoms with van der Waals surface area (Å²) in [5.74, 6) is -0.341. The lowest BCUT2D eigenvalue weighted by Crippen LogP contribution is -2.60. The van der Waals surface area contributed by atoms with Crippen LogP contribution in [0.4, 0.5) is 4.39 Å². The number of allylic oxidation sites excluding steroid dienone is 2. The summed E-state index contributed by atoms with van der Waals surface area (Å²) in [7, 11) is 0. The third kappa shape index (κ3) is 4.76. The molecule has 2 saturated heterocycles. The van der Waals surface area contributed by atoms with Crippen LogP contribution < -0.4 is 5.32 Å². The van der Waals surface area contributed by atoms with Crippen molar-refractivity contribution in [2.24, 2.45) is 0 Å². The number of hydrogen-bond acceptors (Lipinski definition) is 4. The van der Waals surface area contributed by atoms with Crippen LogP contribution in [0.5, 0.6) is 0 Å². The molecule has 0 spiro atoms. The average molecular weight is 463 g/mol. The van der Waals surface area contributed by atoms with Gasteiger partial charge in [-0.1, -0.05) is 42.0 Å². The van der Waals surface area contributed by atoms with Gasteiger partial charge in [-0.05, 0) is 50.5 Å². The van der Waals surface area contributed by atoms with Gasteiger partial charge in [0.05, 0.1) is 25.3 Å². The van der Waals surface area contributed by atoms with E-state index in [9.17, 15) is 9.18 Å². The molecule has 2 aliphatic rings. The maximum Gasteiger partial charge on any atom is 0.272 e. The first-order valence-electron chi connectivity index (χ1n) is 12.0. The van der Waals surface area contributed by atoms with Crippen LogP contribution >= 0.6 is 0 Å². The predicted molar refractivity (Wildman–Crippen MR) is 130 cm³/mol. The molecule has 1 amide bonds. The van der Waals surface area contributed by atoms with E-state index in [2.05, 4.69) is 35.2 Å². The van der Waals surface area contributed by atoms with Crippen LogP contribution in [0, 0.1) is 5.82 Å². The number of aromatic nitrogens is 2. The zero-order valence-corrected chi connectivity index (χ0v) is 19.7. The fourth-order valence-corrected chi connectivity index (χ4v) is 5.17. The predicted octanol–water partition coefficient (Wildman–Crippen LogP) is 4.30. The average Bonchev–Trinajstić information content (AvgIpc) is 3.17. The number of nitrogens with one attached hydrogen (secondary N) is 1. The summed E-state index contributed by atoms with van der Waals surface area (Å²) in [6, 6.07) is 15.1. The fourth-order valence-electron chi connectivity index (χ4n) is 5.17. The molecule has 2 bridgehead atoms. The standard InChI is InChI=1S/C27H31FN4O2/c1-18(2)10-11-32-25-9-4-3-8-24(25)26(30-32)27(33)29-21-13-22-16-34-17-23(14-21)31(22)15-19-6-5-7-20(28)12-19/h3-10,12,21-23H,11,13-17H2,1-2H3,(H,29,33)/t21-,22-,23+. The second-order valence-electron chi connectivity index (χ2n) is 9.62. The van der Waals surface area contributed by atoms with Crippen LogP contribution in [0.3, 0.4) is 0 Å². The Kier molecular flexibility index (Phi) is 6.48. The van der Waals surface area contributed by atoms with Gasteiger partial charge in [0.1, 0.15) is 5.82 Å². The number of carbonyl (C=O) groups is 1. The van der Waals surface area contributed by atoms with Crippen molar-refractivity contribution >= 4 is 16.8 Å². The van der Waals surface area contributed by atoms with Crippen LogP contribution in [-0.4, -0.2) is 51.9 Å². The molecule has 0 radical (unpaired) electrons. The molecule has 34 heavy (non-hydrogen) atoms. The lowest BCUT2D eigenvalue weighted by molar-refractivity contribution is -0.0843. The molecular formula is C27H31FN4O2. The van der Waals surface area contributed by atoms with Crippen LogP contribution in [-0.2, 0) is 17.8 Å². The van der Waals surface area contributed by atoms with Gasteiger partial charge in [-0.2, -0.15) is 5.10 Å². The maximum absolute atomic E-state index is 13.7. The number of rotatable bonds is 6. The monoisotopic (exact) mass is 462 g/mol. The Balaban J connectivity index is 1.31. The fraction of sp³-hybridized carbons (Fsp3) is 0.407. The van der Waals surface area contributed by atoms with E-state index in [1.807, 2.05) is 35.0 Å². The Morgan fingerprint density at radius 2 is 1.91 bits per heavy atom. The van der Waals surface area contributed by atoms with Crippen molar-refractivity contribution in [3.63, 3.8) is 0 Å². The van der Waals surface area contributed by atoms with E-state index < -0.39 is 0 Å². The first kappa shape index (κ1) is 22.7. The summed E-state index contributed by atoms with van der Waals surface area (Å²) < 4.78 is 21.4. The Morgan fingerprint density at radius 1 is 1.15 bits per heavy atom. The highest BCUT2D eigenvalue weighted by Crippen LogP contribution is 2.30. The van der Waals surface area contributed by atoms with E-state index >= 15 is 0 Å². The van der Waals surface area contributed by atoms with E-state index in [1.54, 1.807) is 12.1 Å². The molecule has 178 valence electrons. The van der Waals surface area contributed by atoms with Gasteiger partial charge in [0.2, 0.25) is 0 Å². The summed E-state index contributed by atoms with van der Waals surface area (Å²) in [4.78, 5) is 15.7. The zero-order valence-electron chi connectivity index (χ0n) is 19.7. The van der Waals surface area contributed by atoms with E-state index in [4.69, 9.17) is 4.74 Å².